The predicted octanol–water partition coefficient (Wildman–Crippen LogP) is 3.61. The number of benzene rings is 2. The number of aromatic nitrogens is 1. The van der Waals surface area contributed by atoms with Gasteiger partial charge in [0.05, 0.1) is 26.0 Å². The molecular formula is C18H16N2O4. The SMILES string of the molecule is COc1ccc(C(=O)Nc2ccc(-c3cnco3)cc2)c(OC)c1. The molecule has 6 heteroatoms. The van der Waals surface area contributed by atoms with Crippen LogP contribution in [0.15, 0.2) is 59.5 Å². The second-order valence-corrected chi connectivity index (χ2v) is 4.96. The summed E-state index contributed by atoms with van der Waals surface area (Å²) in [6.07, 6.45) is 3.01. The van der Waals surface area contributed by atoms with Gasteiger partial charge in [0.2, 0.25) is 0 Å². The number of oxazole rings is 1. The summed E-state index contributed by atoms with van der Waals surface area (Å²) >= 11 is 0. The summed E-state index contributed by atoms with van der Waals surface area (Å²) in [4.78, 5) is 16.3. The van der Waals surface area contributed by atoms with E-state index in [2.05, 4.69) is 10.3 Å². The maximum Gasteiger partial charge on any atom is 0.259 e. The molecule has 0 saturated carbocycles. The maximum atomic E-state index is 12.4. The van der Waals surface area contributed by atoms with Gasteiger partial charge in [-0.05, 0) is 36.4 Å². The number of hydrogen-bond donors (Lipinski definition) is 1. The second kappa shape index (κ2) is 6.87. The smallest absolute Gasteiger partial charge is 0.259 e. The lowest BCUT2D eigenvalue weighted by Crippen LogP contribution is -2.13. The molecule has 0 spiro atoms. The molecule has 0 saturated heterocycles. The number of hydrogen-bond acceptors (Lipinski definition) is 5. The predicted molar refractivity (Wildman–Crippen MR) is 89.4 cm³/mol. The molecule has 0 fully saturated rings. The van der Waals surface area contributed by atoms with Gasteiger partial charge in [-0.1, -0.05) is 0 Å². The van der Waals surface area contributed by atoms with E-state index in [0.29, 0.717) is 28.5 Å². The first kappa shape index (κ1) is 15.6. The topological polar surface area (TPSA) is 73.6 Å². The van der Waals surface area contributed by atoms with Crippen molar-refractivity contribution in [3.63, 3.8) is 0 Å². The number of methoxy groups -OCH3 is 2. The molecule has 0 aliphatic carbocycles. The number of rotatable bonds is 5. The minimum Gasteiger partial charge on any atom is -0.497 e. The number of amides is 1. The summed E-state index contributed by atoms with van der Waals surface area (Å²) in [6, 6.07) is 12.3. The van der Waals surface area contributed by atoms with E-state index in [0.717, 1.165) is 5.56 Å². The van der Waals surface area contributed by atoms with Crippen LogP contribution in [0, 0.1) is 0 Å². The quantitative estimate of drug-likeness (QED) is 0.776. The van der Waals surface area contributed by atoms with Gasteiger partial charge < -0.3 is 19.2 Å². The highest BCUT2D eigenvalue weighted by Crippen LogP contribution is 2.26. The Morgan fingerprint density at radius 2 is 1.88 bits per heavy atom. The largest absolute Gasteiger partial charge is 0.497 e. The molecule has 3 aromatic rings. The minimum atomic E-state index is -0.262. The van der Waals surface area contributed by atoms with E-state index in [1.165, 1.54) is 13.5 Å². The van der Waals surface area contributed by atoms with Crippen molar-refractivity contribution in [2.24, 2.45) is 0 Å². The van der Waals surface area contributed by atoms with Crippen molar-refractivity contribution in [3.05, 3.63) is 60.6 Å². The number of carbonyl (C=O) groups is 1. The third-order valence-corrected chi connectivity index (χ3v) is 3.51. The lowest BCUT2D eigenvalue weighted by molar-refractivity contribution is 0.102. The molecule has 1 amide bonds. The van der Waals surface area contributed by atoms with Gasteiger partial charge in [-0.15, -0.1) is 0 Å². The first-order valence-electron chi connectivity index (χ1n) is 7.23. The monoisotopic (exact) mass is 324 g/mol. The van der Waals surface area contributed by atoms with Crippen LogP contribution in [-0.4, -0.2) is 25.1 Å². The van der Waals surface area contributed by atoms with Gasteiger partial charge in [0.1, 0.15) is 11.5 Å². The molecule has 0 unspecified atom stereocenters. The first-order chi connectivity index (χ1) is 11.7. The molecule has 0 atom stereocenters. The van der Waals surface area contributed by atoms with Crippen molar-refractivity contribution in [2.45, 2.75) is 0 Å². The van der Waals surface area contributed by atoms with Crippen LogP contribution in [0.5, 0.6) is 11.5 Å². The first-order valence-corrected chi connectivity index (χ1v) is 7.23. The molecule has 2 aromatic carbocycles. The van der Waals surface area contributed by atoms with Gasteiger partial charge in [-0.2, -0.15) is 0 Å². The minimum absolute atomic E-state index is 0.262. The van der Waals surface area contributed by atoms with E-state index in [4.69, 9.17) is 13.9 Å². The molecule has 0 aliphatic heterocycles. The Kier molecular flexibility index (Phi) is 4.47. The van der Waals surface area contributed by atoms with Crippen molar-refractivity contribution in [2.75, 3.05) is 19.5 Å². The second-order valence-electron chi connectivity index (χ2n) is 4.96. The van der Waals surface area contributed by atoms with Crippen LogP contribution in [0.1, 0.15) is 10.4 Å². The van der Waals surface area contributed by atoms with Gasteiger partial charge >= 0.3 is 0 Å². The normalized spacial score (nSPS) is 10.2. The van der Waals surface area contributed by atoms with Gasteiger partial charge in [-0.3, -0.25) is 4.79 Å². The molecule has 1 heterocycles. The number of carbonyl (C=O) groups excluding carboxylic acids is 1. The number of anilines is 1. The molecule has 0 radical (unpaired) electrons. The molecule has 0 aliphatic rings. The highest BCUT2D eigenvalue weighted by atomic mass is 16.5. The Balaban J connectivity index is 1.77. The van der Waals surface area contributed by atoms with Crippen molar-refractivity contribution < 1.29 is 18.7 Å². The van der Waals surface area contributed by atoms with Gasteiger partial charge in [0.25, 0.3) is 5.91 Å². The summed E-state index contributed by atoms with van der Waals surface area (Å²) in [5, 5.41) is 2.84. The van der Waals surface area contributed by atoms with Gasteiger partial charge in [-0.25, -0.2) is 4.98 Å². The zero-order valence-corrected chi connectivity index (χ0v) is 13.3. The molecule has 0 bridgehead atoms. The van der Waals surface area contributed by atoms with E-state index in [-0.39, 0.29) is 5.91 Å². The molecule has 6 nitrogen and oxygen atoms in total. The summed E-state index contributed by atoms with van der Waals surface area (Å²) in [6.45, 7) is 0. The van der Waals surface area contributed by atoms with Crippen LogP contribution < -0.4 is 14.8 Å². The number of nitrogens with one attached hydrogen (secondary N) is 1. The summed E-state index contributed by atoms with van der Waals surface area (Å²) in [5.74, 6) is 1.48. The van der Waals surface area contributed by atoms with Crippen molar-refractivity contribution in [1.29, 1.82) is 0 Å². The molecule has 122 valence electrons. The molecule has 24 heavy (non-hydrogen) atoms. The molecule has 1 N–H and O–H groups in total. The summed E-state index contributed by atoms with van der Waals surface area (Å²) < 4.78 is 15.6. The van der Waals surface area contributed by atoms with Crippen LogP contribution in [0.4, 0.5) is 5.69 Å². The van der Waals surface area contributed by atoms with Crippen LogP contribution in [0.2, 0.25) is 0 Å². The van der Waals surface area contributed by atoms with Crippen molar-refractivity contribution in [3.8, 4) is 22.8 Å². The van der Waals surface area contributed by atoms with Crippen LogP contribution in [0.25, 0.3) is 11.3 Å². The molecule has 3 rings (SSSR count). The standard InChI is InChI=1S/C18H16N2O4/c1-22-14-7-8-15(16(9-14)23-2)18(21)20-13-5-3-12(4-6-13)17-10-19-11-24-17/h3-11H,1-2H3,(H,20,21). The number of nitrogens with zero attached hydrogens (tertiary/aromatic N) is 1. The van der Waals surface area contributed by atoms with E-state index in [1.807, 2.05) is 12.1 Å². The van der Waals surface area contributed by atoms with Crippen molar-refractivity contribution >= 4 is 11.6 Å². The van der Waals surface area contributed by atoms with Gasteiger partial charge in [0, 0.05) is 17.3 Å². The maximum absolute atomic E-state index is 12.4. The fourth-order valence-corrected chi connectivity index (χ4v) is 2.26. The Hall–Kier alpha value is -3.28. The fourth-order valence-electron chi connectivity index (χ4n) is 2.26. The van der Waals surface area contributed by atoms with E-state index >= 15 is 0 Å². The van der Waals surface area contributed by atoms with E-state index < -0.39 is 0 Å². The van der Waals surface area contributed by atoms with E-state index in [9.17, 15) is 4.79 Å². The highest BCUT2D eigenvalue weighted by Gasteiger charge is 2.13. The molecular weight excluding hydrogens is 308 g/mol. The van der Waals surface area contributed by atoms with Crippen LogP contribution >= 0.6 is 0 Å². The summed E-state index contributed by atoms with van der Waals surface area (Å²) in [7, 11) is 3.07. The van der Waals surface area contributed by atoms with Crippen molar-refractivity contribution in [1.82, 2.24) is 4.98 Å². The lowest BCUT2D eigenvalue weighted by atomic mass is 10.1. The van der Waals surface area contributed by atoms with Crippen LogP contribution in [-0.2, 0) is 0 Å². The Labute approximate surface area is 139 Å². The fraction of sp³-hybridized carbons (Fsp3) is 0.111. The third kappa shape index (κ3) is 3.22. The van der Waals surface area contributed by atoms with E-state index in [1.54, 1.807) is 43.6 Å². The molecule has 1 aromatic heterocycles. The Morgan fingerprint density at radius 1 is 1.08 bits per heavy atom. The zero-order valence-electron chi connectivity index (χ0n) is 13.3. The Morgan fingerprint density at radius 3 is 2.50 bits per heavy atom. The summed E-state index contributed by atoms with van der Waals surface area (Å²) in [5.41, 5.74) is 1.98. The van der Waals surface area contributed by atoms with Gasteiger partial charge in [0.15, 0.2) is 12.2 Å². The zero-order chi connectivity index (χ0) is 16.9. The third-order valence-electron chi connectivity index (χ3n) is 3.51. The lowest BCUT2D eigenvalue weighted by Gasteiger charge is -2.11. The number of ether oxygens (including phenoxy) is 2. The average Bonchev–Trinajstić information content (AvgIpc) is 3.16. The highest BCUT2D eigenvalue weighted by molar-refractivity contribution is 6.06. The van der Waals surface area contributed by atoms with Crippen LogP contribution in [0.3, 0.4) is 0 Å². The Bertz CT molecular complexity index is 827. The average molecular weight is 324 g/mol.